The first kappa shape index (κ1) is 16.0. The topological polar surface area (TPSA) is 201 Å². The molecule has 2 rings (SSSR count). The van der Waals surface area contributed by atoms with Crippen molar-refractivity contribution in [1.29, 1.82) is 0 Å². The van der Waals surface area contributed by atoms with E-state index in [1.54, 1.807) is 0 Å². The Labute approximate surface area is 117 Å². The Morgan fingerprint density at radius 2 is 2.10 bits per heavy atom. The zero-order chi connectivity index (χ0) is 15.8. The molecule has 7 N–H and O–H groups in total. The number of aliphatic hydroxyl groups excluding tert-OH is 2. The van der Waals surface area contributed by atoms with E-state index in [4.69, 9.17) is 20.3 Å². The molecule has 12 nitrogen and oxygen atoms in total. The second kappa shape index (κ2) is 5.77. The maximum Gasteiger partial charge on any atom is 0.469 e. The van der Waals surface area contributed by atoms with Crippen LogP contribution in [-0.4, -0.2) is 66.0 Å². The predicted octanol–water partition coefficient (Wildman–Crippen LogP) is -2.83. The quantitative estimate of drug-likeness (QED) is 0.306. The highest BCUT2D eigenvalue weighted by Gasteiger charge is 2.45. The average Bonchev–Trinajstić information content (AvgIpc) is 2.94. The Morgan fingerprint density at radius 1 is 1.43 bits per heavy atom. The van der Waals surface area contributed by atoms with Gasteiger partial charge in [-0.3, -0.25) is 14.4 Å². The van der Waals surface area contributed by atoms with Crippen molar-refractivity contribution in [2.45, 2.75) is 24.4 Å². The number of hydrogen-bond donors (Lipinski definition) is 6. The molecule has 1 amide bonds. The van der Waals surface area contributed by atoms with Gasteiger partial charge in [-0.2, -0.15) is 0 Å². The van der Waals surface area contributed by atoms with Crippen LogP contribution in [0.5, 0.6) is 0 Å². The first-order valence-corrected chi connectivity index (χ1v) is 7.16. The summed E-state index contributed by atoms with van der Waals surface area (Å²) < 4.78 is 20.0. The number of aromatic amines is 1. The van der Waals surface area contributed by atoms with Crippen LogP contribution >= 0.6 is 7.82 Å². The number of rotatable bonds is 5. The van der Waals surface area contributed by atoms with E-state index in [9.17, 15) is 19.6 Å². The van der Waals surface area contributed by atoms with E-state index in [0.717, 1.165) is 0 Å². The number of nitrogens with two attached hydrogens (primary N) is 1. The van der Waals surface area contributed by atoms with Crippen LogP contribution in [0.4, 0.5) is 0 Å². The molecule has 0 spiro atoms. The van der Waals surface area contributed by atoms with Crippen molar-refractivity contribution >= 4 is 13.7 Å². The summed E-state index contributed by atoms with van der Waals surface area (Å²) >= 11 is 0. The van der Waals surface area contributed by atoms with Crippen LogP contribution in [0, 0.1) is 0 Å². The van der Waals surface area contributed by atoms with Gasteiger partial charge in [-0.25, -0.2) is 9.55 Å². The standard InChI is InChI=1S/C8H13N4O8P/c9-6(15)8-10-7(11-12-8)5-4(14)3(13)2(20-5)1-19-21(16,17)18/h2-5,13-14H,1H2,(H2,9,15)(H,10,11,12)(H2,16,17,18)/t2-,3-,4-,5+/m0/s1. The van der Waals surface area contributed by atoms with Crippen LogP contribution in [0.2, 0.25) is 0 Å². The Morgan fingerprint density at radius 3 is 2.62 bits per heavy atom. The summed E-state index contributed by atoms with van der Waals surface area (Å²) in [6.45, 7) is -0.643. The van der Waals surface area contributed by atoms with Crippen molar-refractivity contribution in [2.24, 2.45) is 5.73 Å². The fourth-order valence-corrected chi connectivity index (χ4v) is 2.14. The molecule has 1 fully saturated rings. The number of nitrogens with one attached hydrogen (secondary N) is 1. The van der Waals surface area contributed by atoms with E-state index in [2.05, 4.69) is 19.7 Å². The van der Waals surface area contributed by atoms with Gasteiger partial charge in [0.15, 0.2) is 5.82 Å². The third-order valence-corrected chi connectivity index (χ3v) is 3.25. The average molecular weight is 324 g/mol. The van der Waals surface area contributed by atoms with Gasteiger partial charge in [0.05, 0.1) is 6.61 Å². The second-order valence-corrected chi connectivity index (χ2v) is 5.51. The number of hydrogen-bond acceptors (Lipinski definition) is 8. The van der Waals surface area contributed by atoms with Crippen LogP contribution in [0.3, 0.4) is 0 Å². The molecule has 4 atom stereocenters. The Kier molecular flexibility index (Phi) is 4.39. The molecule has 13 heteroatoms. The molecular weight excluding hydrogens is 311 g/mol. The molecule has 0 bridgehead atoms. The van der Waals surface area contributed by atoms with Crippen LogP contribution in [0.25, 0.3) is 0 Å². The summed E-state index contributed by atoms with van der Waals surface area (Å²) in [5, 5.41) is 25.4. The molecule has 1 aromatic heterocycles. The summed E-state index contributed by atoms with van der Waals surface area (Å²) in [4.78, 5) is 31.7. The lowest BCUT2D eigenvalue weighted by atomic mass is 10.1. The molecule has 0 saturated carbocycles. The Hall–Kier alpha value is -1.40. The van der Waals surface area contributed by atoms with Gasteiger partial charge in [-0.15, -0.1) is 5.10 Å². The predicted molar refractivity (Wildman–Crippen MR) is 62.5 cm³/mol. The van der Waals surface area contributed by atoms with Gasteiger partial charge in [-0.1, -0.05) is 0 Å². The highest BCUT2D eigenvalue weighted by molar-refractivity contribution is 7.46. The fraction of sp³-hybridized carbons (Fsp3) is 0.625. The minimum atomic E-state index is -4.73. The van der Waals surface area contributed by atoms with Gasteiger partial charge in [-0.05, 0) is 0 Å². The number of aliphatic hydroxyl groups is 2. The summed E-state index contributed by atoms with van der Waals surface area (Å²) in [7, 11) is -4.73. The lowest BCUT2D eigenvalue weighted by molar-refractivity contribution is -0.0247. The van der Waals surface area contributed by atoms with Crippen molar-refractivity contribution in [3.8, 4) is 0 Å². The third kappa shape index (κ3) is 3.63. The van der Waals surface area contributed by atoms with Gasteiger partial charge in [0.2, 0.25) is 5.82 Å². The van der Waals surface area contributed by atoms with Crippen molar-refractivity contribution in [3.05, 3.63) is 11.6 Å². The highest BCUT2D eigenvalue weighted by atomic mass is 31.2. The number of aromatic nitrogens is 3. The van der Waals surface area contributed by atoms with E-state index < -0.39 is 44.8 Å². The minimum absolute atomic E-state index is 0.0611. The van der Waals surface area contributed by atoms with E-state index in [0.29, 0.717) is 0 Å². The molecule has 1 saturated heterocycles. The van der Waals surface area contributed by atoms with Crippen LogP contribution in [0.15, 0.2) is 0 Å². The minimum Gasteiger partial charge on any atom is -0.387 e. The maximum absolute atomic E-state index is 10.9. The maximum atomic E-state index is 10.9. The van der Waals surface area contributed by atoms with Crippen LogP contribution in [-0.2, 0) is 13.8 Å². The number of primary amides is 1. The molecular formula is C8H13N4O8P. The van der Waals surface area contributed by atoms with Gasteiger partial charge in [0, 0.05) is 0 Å². The number of amides is 1. The molecule has 0 unspecified atom stereocenters. The summed E-state index contributed by atoms with van der Waals surface area (Å²) in [6.07, 6.45) is -5.29. The fourth-order valence-electron chi connectivity index (χ4n) is 1.79. The largest absolute Gasteiger partial charge is 0.469 e. The van der Waals surface area contributed by atoms with E-state index >= 15 is 0 Å². The van der Waals surface area contributed by atoms with Crippen LogP contribution in [0.1, 0.15) is 22.5 Å². The number of phosphoric acid groups is 1. The van der Waals surface area contributed by atoms with Crippen LogP contribution < -0.4 is 5.73 Å². The molecule has 21 heavy (non-hydrogen) atoms. The summed E-state index contributed by atoms with van der Waals surface area (Å²) in [5.41, 5.74) is 4.97. The van der Waals surface area contributed by atoms with E-state index in [-0.39, 0.29) is 11.6 Å². The number of phosphoric ester groups is 1. The lowest BCUT2D eigenvalue weighted by Crippen LogP contribution is -2.33. The normalized spacial score (nSPS) is 29.7. The number of nitrogens with zero attached hydrogens (tertiary/aromatic N) is 2. The summed E-state index contributed by atoms with van der Waals surface area (Å²) in [6, 6.07) is 0. The third-order valence-electron chi connectivity index (χ3n) is 2.76. The zero-order valence-electron chi connectivity index (χ0n) is 10.4. The molecule has 0 aliphatic carbocycles. The summed E-state index contributed by atoms with van der Waals surface area (Å²) in [5.74, 6) is -1.29. The number of H-pyrrole nitrogens is 1. The van der Waals surface area contributed by atoms with Crippen molar-refractivity contribution in [2.75, 3.05) is 6.61 Å². The number of carbonyl (C=O) groups excluding carboxylic acids is 1. The second-order valence-electron chi connectivity index (χ2n) is 4.27. The van der Waals surface area contributed by atoms with Crippen molar-refractivity contribution in [3.63, 3.8) is 0 Å². The van der Waals surface area contributed by atoms with Crippen molar-refractivity contribution < 1.29 is 38.6 Å². The van der Waals surface area contributed by atoms with E-state index in [1.165, 1.54) is 0 Å². The Balaban J connectivity index is 2.08. The van der Waals surface area contributed by atoms with Gasteiger partial charge in [0.25, 0.3) is 5.91 Å². The number of carbonyl (C=O) groups is 1. The molecule has 2 heterocycles. The number of ether oxygens (including phenoxy) is 1. The monoisotopic (exact) mass is 324 g/mol. The zero-order valence-corrected chi connectivity index (χ0v) is 11.3. The SMILES string of the molecule is NC(=O)c1n[nH]c([C@@H]2O[C@@H](COP(=O)(O)O)[C@H](O)[C@@H]2O)n1. The van der Waals surface area contributed by atoms with Crippen molar-refractivity contribution in [1.82, 2.24) is 15.2 Å². The first-order valence-electron chi connectivity index (χ1n) is 5.63. The molecule has 1 aliphatic heterocycles. The molecule has 0 aromatic carbocycles. The van der Waals surface area contributed by atoms with Gasteiger partial charge in [0.1, 0.15) is 24.4 Å². The first-order chi connectivity index (χ1) is 9.69. The lowest BCUT2D eigenvalue weighted by Gasteiger charge is -2.14. The molecule has 1 aromatic rings. The smallest absolute Gasteiger partial charge is 0.387 e. The highest BCUT2D eigenvalue weighted by Crippen LogP contribution is 2.38. The molecule has 0 radical (unpaired) electrons. The van der Waals surface area contributed by atoms with E-state index in [1.807, 2.05) is 0 Å². The molecule has 1 aliphatic rings. The van der Waals surface area contributed by atoms with Gasteiger partial charge < -0.3 is 30.5 Å². The Bertz CT molecular complexity index is 572. The van der Waals surface area contributed by atoms with Gasteiger partial charge >= 0.3 is 7.82 Å². The molecule has 118 valence electrons.